The summed E-state index contributed by atoms with van der Waals surface area (Å²) in [5.74, 6) is 0.939. The number of carbonyl (C=O) groups excluding carboxylic acids is 1. The smallest absolute Gasteiger partial charge is 0.251 e. The van der Waals surface area contributed by atoms with E-state index in [0.717, 1.165) is 38.4 Å². The molecule has 28 heavy (non-hydrogen) atoms. The second kappa shape index (κ2) is 11.0. The maximum Gasteiger partial charge on any atom is 0.251 e. The summed E-state index contributed by atoms with van der Waals surface area (Å²) in [5, 5.41) is 3.30. The predicted octanol–water partition coefficient (Wildman–Crippen LogP) is -0.0533. The molecule has 0 radical (unpaired) electrons. The topological polar surface area (TPSA) is 94.5 Å². The van der Waals surface area contributed by atoms with Crippen molar-refractivity contribution in [2.45, 2.75) is 39.2 Å². The Labute approximate surface area is 169 Å². The van der Waals surface area contributed by atoms with Crippen LogP contribution in [0.15, 0.2) is 4.99 Å². The molecule has 0 saturated carbocycles. The molecular formula is C18H35N5O4S. The van der Waals surface area contributed by atoms with Gasteiger partial charge in [0.2, 0.25) is 10.0 Å². The Morgan fingerprint density at radius 3 is 2.43 bits per heavy atom. The van der Waals surface area contributed by atoms with Gasteiger partial charge in [0.05, 0.1) is 6.26 Å². The van der Waals surface area contributed by atoms with Crippen molar-refractivity contribution >= 4 is 21.9 Å². The third-order valence-corrected chi connectivity index (χ3v) is 6.46. The van der Waals surface area contributed by atoms with Crippen LogP contribution in [0.3, 0.4) is 0 Å². The van der Waals surface area contributed by atoms with Crippen molar-refractivity contribution < 1.29 is 17.9 Å². The van der Waals surface area contributed by atoms with Gasteiger partial charge in [-0.25, -0.2) is 12.7 Å². The highest BCUT2D eigenvalue weighted by molar-refractivity contribution is 7.88. The lowest BCUT2D eigenvalue weighted by Gasteiger charge is -2.37. The quantitative estimate of drug-likeness (QED) is 0.338. The summed E-state index contributed by atoms with van der Waals surface area (Å²) in [6.07, 6.45) is 3.44. The Bertz CT molecular complexity index is 626. The molecule has 1 unspecified atom stereocenters. The lowest BCUT2D eigenvalue weighted by atomic mass is 10.2. The number of amides is 1. The molecule has 2 fully saturated rings. The molecule has 0 bridgehead atoms. The van der Waals surface area contributed by atoms with Crippen LogP contribution in [0.5, 0.6) is 0 Å². The number of rotatable bonds is 8. The van der Waals surface area contributed by atoms with Crippen LogP contribution < -0.4 is 5.32 Å². The molecule has 10 heteroatoms. The fraction of sp³-hybridized carbons (Fsp3) is 0.889. The highest BCUT2D eigenvalue weighted by atomic mass is 32.2. The van der Waals surface area contributed by atoms with Gasteiger partial charge in [-0.05, 0) is 26.2 Å². The van der Waals surface area contributed by atoms with Crippen molar-refractivity contribution in [3.63, 3.8) is 0 Å². The largest absolute Gasteiger partial charge is 0.368 e. The fourth-order valence-corrected chi connectivity index (χ4v) is 4.46. The van der Waals surface area contributed by atoms with Crippen molar-refractivity contribution in [1.82, 2.24) is 19.4 Å². The summed E-state index contributed by atoms with van der Waals surface area (Å²) in [4.78, 5) is 21.2. The minimum absolute atomic E-state index is 0.111. The lowest BCUT2D eigenvalue weighted by molar-refractivity contribution is -0.142. The maximum atomic E-state index is 12.5. The molecule has 0 aromatic heterocycles. The number of hydrogen-bond acceptors (Lipinski definition) is 5. The monoisotopic (exact) mass is 417 g/mol. The summed E-state index contributed by atoms with van der Waals surface area (Å²) >= 11 is 0. The van der Waals surface area contributed by atoms with E-state index in [1.54, 1.807) is 0 Å². The van der Waals surface area contributed by atoms with Gasteiger partial charge in [-0.1, -0.05) is 6.92 Å². The zero-order valence-electron chi connectivity index (χ0n) is 17.4. The summed E-state index contributed by atoms with van der Waals surface area (Å²) in [5.41, 5.74) is 0. The molecular weight excluding hydrogens is 382 g/mol. The molecule has 1 atom stereocenters. The molecule has 1 amide bonds. The first-order valence-electron chi connectivity index (χ1n) is 10.3. The lowest BCUT2D eigenvalue weighted by Crippen LogP contribution is -2.55. The maximum absolute atomic E-state index is 12.5. The molecule has 0 aromatic rings. The molecule has 2 saturated heterocycles. The molecule has 9 nitrogen and oxygen atoms in total. The fourth-order valence-electron chi connectivity index (χ4n) is 3.53. The van der Waals surface area contributed by atoms with Gasteiger partial charge in [0.1, 0.15) is 6.10 Å². The van der Waals surface area contributed by atoms with Gasteiger partial charge in [-0.3, -0.25) is 9.79 Å². The van der Waals surface area contributed by atoms with Crippen LogP contribution in [0.1, 0.15) is 33.1 Å². The normalized spacial score (nSPS) is 21.4. The zero-order valence-corrected chi connectivity index (χ0v) is 18.2. The first kappa shape index (κ1) is 22.9. The van der Waals surface area contributed by atoms with E-state index in [2.05, 4.69) is 15.2 Å². The second-order valence-corrected chi connectivity index (χ2v) is 9.14. The highest BCUT2D eigenvalue weighted by Crippen LogP contribution is 2.16. The predicted molar refractivity (Wildman–Crippen MR) is 110 cm³/mol. The third kappa shape index (κ3) is 6.59. The van der Waals surface area contributed by atoms with Gasteiger partial charge < -0.3 is 19.9 Å². The molecule has 2 rings (SSSR count). The Morgan fingerprint density at radius 1 is 1.21 bits per heavy atom. The number of ether oxygens (including phenoxy) is 1. The summed E-state index contributed by atoms with van der Waals surface area (Å²) < 4.78 is 30.3. The van der Waals surface area contributed by atoms with Crippen LogP contribution in [0.4, 0.5) is 0 Å². The van der Waals surface area contributed by atoms with E-state index in [9.17, 15) is 13.2 Å². The number of hydrogen-bond donors (Lipinski definition) is 1. The number of sulfonamides is 1. The van der Waals surface area contributed by atoms with Crippen molar-refractivity contribution in [2.75, 3.05) is 65.2 Å². The van der Waals surface area contributed by atoms with Gasteiger partial charge in [-0.15, -0.1) is 0 Å². The van der Waals surface area contributed by atoms with E-state index >= 15 is 0 Å². The van der Waals surface area contributed by atoms with Gasteiger partial charge in [-0.2, -0.15) is 0 Å². The zero-order chi connectivity index (χ0) is 20.6. The van der Waals surface area contributed by atoms with Crippen molar-refractivity contribution in [2.24, 2.45) is 4.99 Å². The van der Waals surface area contributed by atoms with E-state index in [1.807, 2.05) is 18.7 Å². The molecule has 2 aliphatic rings. The number of carbonyl (C=O) groups is 1. The summed E-state index contributed by atoms with van der Waals surface area (Å²) in [7, 11) is -3.16. The van der Waals surface area contributed by atoms with Gasteiger partial charge in [0.15, 0.2) is 5.96 Å². The van der Waals surface area contributed by atoms with E-state index in [1.165, 1.54) is 10.6 Å². The average Bonchev–Trinajstić information content (AvgIpc) is 3.20. The number of nitrogens with zero attached hydrogens (tertiary/aromatic N) is 4. The second-order valence-electron chi connectivity index (χ2n) is 7.16. The molecule has 162 valence electrons. The summed E-state index contributed by atoms with van der Waals surface area (Å²) in [6, 6.07) is 0. The number of nitrogens with one attached hydrogen (secondary N) is 1. The first-order valence-corrected chi connectivity index (χ1v) is 12.1. The van der Waals surface area contributed by atoms with Crippen LogP contribution in [0, 0.1) is 0 Å². The third-order valence-electron chi connectivity index (χ3n) is 5.08. The average molecular weight is 418 g/mol. The van der Waals surface area contributed by atoms with Gasteiger partial charge in [0, 0.05) is 59.0 Å². The minimum atomic E-state index is -3.16. The minimum Gasteiger partial charge on any atom is -0.368 e. The number of guanidine groups is 1. The molecule has 2 heterocycles. The van der Waals surface area contributed by atoms with Crippen molar-refractivity contribution in [3.05, 3.63) is 0 Å². The van der Waals surface area contributed by atoms with E-state index in [0.29, 0.717) is 45.8 Å². The molecule has 2 aliphatic heterocycles. The van der Waals surface area contributed by atoms with Gasteiger partial charge in [0.25, 0.3) is 5.91 Å². The van der Waals surface area contributed by atoms with Gasteiger partial charge >= 0.3 is 0 Å². The van der Waals surface area contributed by atoms with Crippen LogP contribution in [0.25, 0.3) is 0 Å². The van der Waals surface area contributed by atoms with Crippen molar-refractivity contribution in [3.8, 4) is 0 Å². The standard InChI is InChI=1S/C18H35N5O4S/c1-4-19-18(20-9-7-10-23(5-2)28(3,25)26)22-13-11-21(12-14-22)17(24)16-8-6-15-27-16/h16H,4-15H2,1-3H3,(H,19,20). The van der Waals surface area contributed by atoms with Crippen LogP contribution in [-0.4, -0.2) is 106 Å². The molecule has 0 aromatic carbocycles. The molecule has 0 aliphatic carbocycles. The van der Waals surface area contributed by atoms with E-state index in [-0.39, 0.29) is 12.0 Å². The Kier molecular flexibility index (Phi) is 8.97. The SMILES string of the molecule is CCNC(=NCCCN(CC)S(C)(=O)=O)N1CCN(C(=O)C2CCCO2)CC1. The Balaban J connectivity index is 1.83. The highest BCUT2D eigenvalue weighted by Gasteiger charge is 2.30. The molecule has 0 spiro atoms. The Hall–Kier alpha value is -1.39. The molecule has 1 N–H and O–H groups in total. The van der Waals surface area contributed by atoms with E-state index < -0.39 is 10.0 Å². The number of aliphatic imine (C=N–C) groups is 1. The van der Waals surface area contributed by atoms with E-state index in [4.69, 9.17) is 4.74 Å². The summed E-state index contributed by atoms with van der Waals surface area (Å²) in [6.45, 7) is 9.61. The van der Waals surface area contributed by atoms with Crippen molar-refractivity contribution in [1.29, 1.82) is 0 Å². The first-order chi connectivity index (χ1) is 13.4. The Morgan fingerprint density at radius 2 is 1.89 bits per heavy atom. The van der Waals surface area contributed by atoms with Crippen LogP contribution in [0.2, 0.25) is 0 Å². The van der Waals surface area contributed by atoms with Crippen LogP contribution in [-0.2, 0) is 19.6 Å². The van der Waals surface area contributed by atoms with Crippen LogP contribution >= 0.6 is 0 Å². The number of piperazine rings is 1.